The first-order chi connectivity index (χ1) is 7.88. The van der Waals surface area contributed by atoms with Crippen molar-refractivity contribution in [2.75, 3.05) is 18.0 Å². The van der Waals surface area contributed by atoms with E-state index in [-0.39, 0.29) is 5.41 Å². The number of carbonyl (C=O) groups excluding carboxylic acids is 1. The highest BCUT2D eigenvalue weighted by Crippen LogP contribution is 2.30. The predicted molar refractivity (Wildman–Crippen MR) is 71.5 cm³/mol. The van der Waals surface area contributed by atoms with Crippen LogP contribution in [0, 0.1) is 19.3 Å². The number of aryl methyl sites for hydroxylation is 2. The van der Waals surface area contributed by atoms with E-state index in [0.29, 0.717) is 12.3 Å². The molecule has 0 saturated carbocycles. The van der Waals surface area contributed by atoms with E-state index in [1.807, 2.05) is 13.8 Å². The van der Waals surface area contributed by atoms with E-state index in [4.69, 9.17) is 0 Å². The summed E-state index contributed by atoms with van der Waals surface area (Å²) in [5.74, 6) is 0.350. The summed E-state index contributed by atoms with van der Waals surface area (Å²) in [6, 6.07) is 6.50. The minimum absolute atomic E-state index is 0.143. The number of carbonyl (C=O) groups is 1. The van der Waals surface area contributed by atoms with Gasteiger partial charge < -0.3 is 4.90 Å². The van der Waals surface area contributed by atoms with Gasteiger partial charge in [-0.15, -0.1) is 0 Å². The third-order valence-corrected chi connectivity index (χ3v) is 3.67. The number of Topliss-reactive ketones (excluding diaryl/α,β-unsaturated/α-hetero) is 1. The van der Waals surface area contributed by atoms with Crippen molar-refractivity contribution in [2.45, 2.75) is 34.1 Å². The molecule has 1 aliphatic rings. The van der Waals surface area contributed by atoms with Gasteiger partial charge in [-0.25, -0.2) is 0 Å². The van der Waals surface area contributed by atoms with Crippen molar-refractivity contribution in [1.82, 2.24) is 0 Å². The highest BCUT2D eigenvalue weighted by molar-refractivity contribution is 5.89. The van der Waals surface area contributed by atoms with Crippen LogP contribution in [0.2, 0.25) is 0 Å². The number of nitrogens with zero attached hydrogens (tertiary/aromatic N) is 1. The van der Waals surface area contributed by atoms with Crippen LogP contribution in [0.4, 0.5) is 5.69 Å². The highest BCUT2D eigenvalue weighted by atomic mass is 16.1. The van der Waals surface area contributed by atoms with Gasteiger partial charge in [-0.2, -0.15) is 0 Å². The van der Waals surface area contributed by atoms with Crippen LogP contribution in [0.5, 0.6) is 0 Å². The van der Waals surface area contributed by atoms with Crippen molar-refractivity contribution in [3.63, 3.8) is 0 Å². The molecule has 2 nitrogen and oxygen atoms in total. The molecular weight excluding hydrogens is 210 g/mol. The molecule has 1 aliphatic heterocycles. The number of rotatable bonds is 1. The molecule has 1 fully saturated rings. The molecule has 0 aliphatic carbocycles. The van der Waals surface area contributed by atoms with Crippen molar-refractivity contribution in [2.24, 2.45) is 5.41 Å². The third kappa shape index (κ3) is 2.51. The normalized spacial score (nSPS) is 19.5. The number of hydrogen-bond acceptors (Lipinski definition) is 2. The molecule has 17 heavy (non-hydrogen) atoms. The van der Waals surface area contributed by atoms with Crippen molar-refractivity contribution in [3.8, 4) is 0 Å². The Bertz CT molecular complexity index is 428. The zero-order valence-electron chi connectivity index (χ0n) is 11.2. The van der Waals surface area contributed by atoms with E-state index in [1.165, 1.54) is 16.8 Å². The number of ketones is 1. The maximum absolute atomic E-state index is 12.0. The minimum atomic E-state index is -0.143. The molecule has 0 unspecified atom stereocenters. The summed E-state index contributed by atoms with van der Waals surface area (Å²) < 4.78 is 0. The Balaban J connectivity index is 2.22. The number of benzene rings is 1. The van der Waals surface area contributed by atoms with Crippen molar-refractivity contribution in [3.05, 3.63) is 29.3 Å². The Morgan fingerprint density at radius 1 is 1.12 bits per heavy atom. The van der Waals surface area contributed by atoms with Crippen molar-refractivity contribution < 1.29 is 4.79 Å². The van der Waals surface area contributed by atoms with Crippen molar-refractivity contribution in [1.29, 1.82) is 0 Å². The average Bonchev–Trinajstić information content (AvgIpc) is 2.20. The first-order valence-electron chi connectivity index (χ1n) is 6.25. The molecule has 1 saturated heterocycles. The lowest BCUT2D eigenvalue weighted by molar-refractivity contribution is -0.127. The van der Waals surface area contributed by atoms with Crippen LogP contribution < -0.4 is 4.90 Å². The molecule has 92 valence electrons. The van der Waals surface area contributed by atoms with Gasteiger partial charge in [-0.3, -0.25) is 4.79 Å². The predicted octanol–water partition coefficient (Wildman–Crippen LogP) is 3.11. The molecule has 1 aromatic rings. The first-order valence-corrected chi connectivity index (χ1v) is 6.25. The van der Waals surface area contributed by atoms with Crippen LogP contribution in [-0.2, 0) is 4.79 Å². The fourth-order valence-electron chi connectivity index (χ4n) is 2.37. The van der Waals surface area contributed by atoms with Crippen LogP contribution >= 0.6 is 0 Å². The van der Waals surface area contributed by atoms with Crippen LogP contribution in [0.25, 0.3) is 0 Å². The van der Waals surface area contributed by atoms with Crippen LogP contribution in [0.15, 0.2) is 18.2 Å². The quantitative estimate of drug-likeness (QED) is 0.740. The molecule has 0 aromatic heterocycles. The van der Waals surface area contributed by atoms with Crippen LogP contribution in [0.1, 0.15) is 31.4 Å². The minimum Gasteiger partial charge on any atom is -0.364 e. The Morgan fingerprint density at radius 3 is 2.24 bits per heavy atom. The van der Waals surface area contributed by atoms with Crippen LogP contribution in [0.3, 0.4) is 0 Å². The van der Waals surface area contributed by atoms with Gasteiger partial charge in [0.2, 0.25) is 0 Å². The Kier molecular flexibility index (Phi) is 2.98. The highest BCUT2D eigenvalue weighted by Gasteiger charge is 2.33. The summed E-state index contributed by atoms with van der Waals surface area (Å²) in [4.78, 5) is 14.2. The molecule has 2 rings (SSSR count). The van der Waals surface area contributed by atoms with E-state index in [2.05, 4.69) is 36.9 Å². The van der Waals surface area contributed by atoms with Gasteiger partial charge in [0, 0.05) is 17.6 Å². The smallest absolute Gasteiger partial charge is 0.157 e. The average molecular weight is 231 g/mol. The summed E-state index contributed by atoms with van der Waals surface area (Å²) >= 11 is 0. The largest absolute Gasteiger partial charge is 0.364 e. The maximum atomic E-state index is 12.0. The molecular formula is C15H21NO. The van der Waals surface area contributed by atoms with E-state index >= 15 is 0 Å². The molecule has 0 spiro atoms. The lowest BCUT2D eigenvalue weighted by atomic mass is 9.81. The van der Waals surface area contributed by atoms with Gasteiger partial charge in [-0.1, -0.05) is 19.9 Å². The van der Waals surface area contributed by atoms with E-state index < -0.39 is 0 Å². The fraction of sp³-hybridized carbons (Fsp3) is 0.533. The molecule has 1 aromatic carbocycles. The second-order valence-electron chi connectivity index (χ2n) is 5.82. The van der Waals surface area contributed by atoms with Gasteiger partial charge >= 0.3 is 0 Å². The van der Waals surface area contributed by atoms with Crippen molar-refractivity contribution >= 4 is 11.5 Å². The number of anilines is 1. The summed E-state index contributed by atoms with van der Waals surface area (Å²) in [7, 11) is 0. The fourth-order valence-corrected chi connectivity index (χ4v) is 2.37. The SMILES string of the molecule is Cc1cc(C)cc(N2CCC(C)(C)C(=O)C2)c1. The molecule has 0 radical (unpaired) electrons. The third-order valence-electron chi connectivity index (χ3n) is 3.67. The zero-order valence-corrected chi connectivity index (χ0v) is 11.2. The number of piperidine rings is 1. The molecule has 0 N–H and O–H groups in total. The van der Waals surface area contributed by atoms with Gasteiger partial charge in [0.25, 0.3) is 0 Å². The zero-order chi connectivity index (χ0) is 12.6. The molecule has 0 amide bonds. The monoisotopic (exact) mass is 231 g/mol. The lowest BCUT2D eigenvalue weighted by Gasteiger charge is -2.37. The Labute approximate surface area is 104 Å². The van der Waals surface area contributed by atoms with Crippen LogP contribution in [-0.4, -0.2) is 18.9 Å². The summed E-state index contributed by atoms with van der Waals surface area (Å²) in [6.07, 6.45) is 0.943. The molecule has 0 atom stereocenters. The van der Waals surface area contributed by atoms with E-state index in [9.17, 15) is 4.79 Å². The second-order valence-corrected chi connectivity index (χ2v) is 5.82. The summed E-state index contributed by atoms with van der Waals surface area (Å²) in [5, 5.41) is 0. The van der Waals surface area contributed by atoms with E-state index in [1.54, 1.807) is 0 Å². The molecule has 0 bridgehead atoms. The Morgan fingerprint density at radius 2 is 1.71 bits per heavy atom. The second kappa shape index (κ2) is 4.17. The number of hydrogen-bond donors (Lipinski definition) is 0. The van der Waals surface area contributed by atoms with Gasteiger partial charge in [-0.05, 0) is 43.5 Å². The molecule has 2 heteroatoms. The Hall–Kier alpha value is -1.31. The standard InChI is InChI=1S/C15H21NO/c1-11-7-12(2)9-13(8-11)16-6-5-15(3,4)14(17)10-16/h7-9H,5-6,10H2,1-4H3. The molecule has 1 heterocycles. The van der Waals surface area contributed by atoms with E-state index in [0.717, 1.165) is 13.0 Å². The van der Waals surface area contributed by atoms with Gasteiger partial charge in [0.1, 0.15) is 0 Å². The first kappa shape index (κ1) is 12.2. The summed E-state index contributed by atoms with van der Waals surface area (Å²) in [6.45, 7) is 9.83. The maximum Gasteiger partial charge on any atom is 0.157 e. The van der Waals surface area contributed by atoms with Gasteiger partial charge in [0.15, 0.2) is 5.78 Å². The summed E-state index contributed by atoms with van der Waals surface area (Å²) in [5.41, 5.74) is 3.57. The topological polar surface area (TPSA) is 20.3 Å². The lowest BCUT2D eigenvalue weighted by Crippen LogP contribution is -2.45. The van der Waals surface area contributed by atoms with Gasteiger partial charge in [0.05, 0.1) is 6.54 Å².